The summed E-state index contributed by atoms with van der Waals surface area (Å²) in [7, 11) is 0. The van der Waals surface area contributed by atoms with E-state index >= 15 is 0 Å². The number of hydrogen-bond acceptors (Lipinski definition) is 6. The first-order chi connectivity index (χ1) is 20.6. The van der Waals surface area contributed by atoms with Crippen LogP contribution in [0.2, 0.25) is 0 Å². The molecule has 0 radical (unpaired) electrons. The summed E-state index contributed by atoms with van der Waals surface area (Å²) in [6.45, 7) is 4.29. The van der Waals surface area contributed by atoms with Crippen LogP contribution in [0.1, 0.15) is 57.2 Å². The van der Waals surface area contributed by atoms with E-state index in [2.05, 4.69) is 28.4 Å². The van der Waals surface area contributed by atoms with Crippen molar-refractivity contribution in [3.8, 4) is 5.69 Å². The summed E-state index contributed by atoms with van der Waals surface area (Å²) in [5.74, 6) is -0.370. The van der Waals surface area contributed by atoms with Gasteiger partial charge in [-0.05, 0) is 110 Å². The van der Waals surface area contributed by atoms with Gasteiger partial charge in [-0.3, -0.25) is 10.1 Å². The van der Waals surface area contributed by atoms with Crippen molar-refractivity contribution in [2.75, 3.05) is 5.32 Å². The molecule has 4 aliphatic carbocycles. The molecule has 8 rings (SSSR count). The lowest BCUT2D eigenvalue weighted by Crippen LogP contribution is -2.62. The maximum atomic E-state index is 13.8. The van der Waals surface area contributed by atoms with Crippen molar-refractivity contribution in [3.05, 3.63) is 77.4 Å². The number of rotatable bonds is 3. The summed E-state index contributed by atoms with van der Waals surface area (Å²) in [6.07, 6.45) is 7.52. The predicted octanol–water partition coefficient (Wildman–Crippen LogP) is 6.14. The summed E-state index contributed by atoms with van der Waals surface area (Å²) >= 11 is 1.40. The van der Waals surface area contributed by atoms with Gasteiger partial charge in [-0.25, -0.2) is 14.1 Å². The van der Waals surface area contributed by atoms with Crippen LogP contribution in [0.15, 0.2) is 60.3 Å². The molecule has 222 valence electrons. The van der Waals surface area contributed by atoms with E-state index in [-0.39, 0.29) is 29.0 Å². The predicted molar refractivity (Wildman–Crippen MR) is 164 cm³/mol. The molecule has 3 saturated carbocycles. The Kier molecular flexibility index (Phi) is 5.88. The monoisotopic (exact) mass is 598 g/mol. The Balaban J connectivity index is 1.08. The zero-order valence-corrected chi connectivity index (χ0v) is 25.1. The van der Waals surface area contributed by atoms with Crippen LogP contribution in [0.4, 0.5) is 9.52 Å². The topological polar surface area (TPSA) is 100 Å². The summed E-state index contributed by atoms with van der Waals surface area (Å²) in [5.41, 5.74) is 2.50. The number of fused-ring (bicyclic) bond motifs is 7. The molecule has 0 bridgehead atoms. The molecule has 7 atom stereocenters. The zero-order valence-electron chi connectivity index (χ0n) is 24.3. The van der Waals surface area contributed by atoms with Gasteiger partial charge in [0.1, 0.15) is 11.4 Å². The molecule has 4 aliphatic rings. The molecule has 43 heavy (non-hydrogen) atoms. The van der Waals surface area contributed by atoms with E-state index in [1.165, 1.54) is 29.0 Å². The van der Waals surface area contributed by atoms with Crippen molar-refractivity contribution in [1.82, 2.24) is 14.8 Å². The van der Waals surface area contributed by atoms with Crippen LogP contribution in [0, 0.1) is 34.4 Å². The molecular weight excluding hydrogens is 563 g/mol. The standard InChI is InChI=1S/C34H35FN4O3S/c1-32-16-19-18-36-39(22-10-8-21(35)9-11-22)26(19)15-20(32)7-12-23-24-13-14-34(42,33(24,2)17-27(40)29(23)32)30(41)38-31-37-25-5-3-4-6-28(25)43-31/h3-6,8-11,15,18,23-24,27,29,40,42H,7,12-14,16-17H2,1-2H3,(H,37,38,41)/t23?,24?,27-,29?,32?,33?,34-/m0/s1. The number of nitrogens with zero attached hydrogens (tertiary/aromatic N) is 3. The molecule has 0 spiro atoms. The van der Waals surface area contributed by atoms with Gasteiger partial charge in [0.25, 0.3) is 5.91 Å². The van der Waals surface area contributed by atoms with Gasteiger partial charge in [-0.15, -0.1) is 0 Å². The highest BCUT2D eigenvalue weighted by Crippen LogP contribution is 2.67. The molecule has 2 aromatic carbocycles. The largest absolute Gasteiger partial charge is 0.393 e. The Morgan fingerprint density at radius 1 is 1.14 bits per heavy atom. The second kappa shape index (κ2) is 9.30. The quantitative estimate of drug-likeness (QED) is 0.263. The van der Waals surface area contributed by atoms with Crippen molar-refractivity contribution >= 4 is 38.7 Å². The number of carbonyl (C=O) groups is 1. The molecule has 1 amide bonds. The average Bonchev–Trinajstić information content (AvgIpc) is 3.65. The molecular formula is C34H35FN4O3S. The molecule has 9 heteroatoms. The first-order valence-corrected chi connectivity index (χ1v) is 16.0. The van der Waals surface area contributed by atoms with E-state index in [1.54, 1.807) is 12.1 Å². The number of thiazole rings is 1. The van der Waals surface area contributed by atoms with Crippen molar-refractivity contribution in [2.45, 2.75) is 64.1 Å². The Labute approximate surface area is 253 Å². The summed E-state index contributed by atoms with van der Waals surface area (Å²) in [4.78, 5) is 18.3. The van der Waals surface area contributed by atoms with Crippen molar-refractivity contribution < 1.29 is 19.4 Å². The molecule has 3 fully saturated rings. The Morgan fingerprint density at radius 3 is 2.72 bits per heavy atom. The van der Waals surface area contributed by atoms with Gasteiger partial charge < -0.3 is 10.2 Å². The fourth-order valence-corrected chi connectivity index (χ4v) is 10.3. The third kappa shape index (κ3) is 3.80. The van der Waals surface area contributed by atoms with Crippen LogP contribution in [0.5, 0.6) is 0 Å². The molecule has 0 aliphatic heterocycles. The van der Waals surface area contributed by atoms with Crippen LogP contribution in [0.25, 0.3) is 22.0 Å². The SMILES string of the molecule is CC12Cc3cnn(-c4ccc(F)cc4)c3C=C1CCC1C2[C@@H](O)CC2(C)C1CC[C@]2(O)C(=O)Nc1nc2ccccc2s1. The summed E-state index contributed by atoms with van der Waals surface area (Å²) in [5, 5.41) is 32.2. The molecule has 2 aromatic heterocycles. The zero-order chi connectivity index (χ0) is 29.7. The first kappa shape index (κ1) is 27.2. The van der Waals surface area contributed by atoms with E-state index in [4.69, 9.17) is 0 Å². The van der Waals surface area contributed by atoms with Gasteiger partial charge in [0.2, 0.25) is 0 Å². The second-order valence-electron chi connectivity index (χ2n) is 13.6. The van der Waals surface area contributed by atoms with E-state index in [0.717, 1.165) is 52.8 Å². The number of benzene rings is 2. The number of allylic oxidation sites excluding steroid dienone is 1. The lowest BCUT2D eigenvalue weighted by molar-refractivity contribution is -0.177. The Bertz CT molecular complexity index is 1770. The van der Waals surface area contributed by atoms with Crippen LogP contribution in [-0.2, 0) is 11.2 Å². The van der Waals surface area contributed by atoms with E-state index in [1.807, 2.05) is 42.1 Å². The normalized spacial score (nSPS) is 34.6. The Morgan fingerprint density at radius 2 is 1.93 bits per heavy atom. The van der Waals surface area contributed by atoms with Gasteiger partial charge in [-0.1, -0.05) is 42.9 Å². The third-order valence-corrected chi connectivity index (χ3v) is 12.5. The van der Waals surface area contributed by atoms with Crippen molar-refractivity contribution in [1.29, 1.82) is 0 Å². The number of amides is 1. The first-order valence-electron chi connectivity index (χ1n) is 15.2. The van der Waals surface area contributed by atoms with Gasteiger partial charge in [-0.2, -0.15) is 5.10 Å². The molecule has 7 nitrogen and oxygen atoms in total. The highest BCUT2D eigenvalue weighted by molar-refractivity contribution is 7.22. The van der Waals surface area contributed by atoms with Crippen LogP contribution in [-0.4, -0.2) is 42.6 Å². The maximum Gasteiger partial charge on any atom is 0.258 e. The van der Waals surface area contributed by atoms with E-state index < -0.39 is 23.0 Å². The number of halogens is 1. The number of aliphatic hydroxyl groups is 2. The van der Waals surface area contributed by atoms with Gasteiger partial charge >= 0.3 is 0 Å². The van der Waals surface area contributed by atoms with E-state index in [0.29, 0.717) is 18.0 Å². The second-order valence-corrected chi connectivity index (χ2v) is 14.6. The molecule has 5 unspecified atom stereocenters. The molecule has 3 N–H and O–H groups in total. The van der Waals surface area contributed by atoms with Gasteiger partial charge in [0.15, 0.2) is 5.13 Å². The summed E-state index contributed by atoms with van der Waals surface area (Å²) in [6, 6.07) is 14.1. The van der Waals surface area contributed by atoms with Crippen LogP contribution in [0.3, 0.4) is 0 Å². The fourth-order valence-electron chi connectivity index (χ4n) is 9.48. The molecule has 0 saturated heterocycles. The van der Waals surface area contributed by atoms with Crippen molar-refractivity contribution in [3.63, 3.8) is 0 Å². The average molecular weight is 599 g/mol. The van der Waals surface area contributed by atoms with Crippen LogP contribution >= 0.6 is 11.3 Å². The highest BCUT2D eigenvalue weighted by Gasteiger charge is 2.68. The molecule has 2 heterocycles. The highest BCUT2D eigenvalue weighted by atomic mass is 32.1. The van der Waals surface area contributed by atoms with Crippen LogP contribution < -0.4 is 5.32 Å². The minimum atomic E-state index is -1.59. The minimum Gasteiger partial charge on any atom is -0.393 e. The van der Waals surface area contributed by atoms with Gasteiger partial charge in [0, 0.05) is 5.41 Å². The smallest absolute Gasteiger partial charge is 0.258 e. The van der Waals surface area contributed by atoms with Crippen molar-refractivity contribution in [2.24, 2.45) is 28.6 Å². The number of hydrogen-bond donors (Lipinski definition) is 3. The maximum absolute atomic E-state index is 13.8. The number of aromatic nitrogens is 3. The lowest BCUT2D eigenvalue weighted by atomic mass is 9.45. The number of para-hydroxylation sites is 1. The Hall–Kier alpha value is -3.40. The number of aliphatic hydroxyl groups excluding tert-OH is 1. The van der Waals surface area contributed by atoms with Gasteiger partial charge in [0.05, 0.1) is 33.9 Å². The number of anilines is 1. The number of nitrogens with one attached hydrogen (secondary N) is 1. The molecule has 4 aromatic rings. The number of carbonyl (C=O) groups excluding carboxylic acids is 1. The summed E-state index contributed by atoms with van der Waals surface area (Å²) < 4.78 is 16.4. The fraction of sp³-hybridized carbons (Fsp3) is 0.441. The van der Waals surface area contributed by atoms with E-state index in [9.17, 15) is 19.4 Å². The lowest BCUT2D eigenvalue weighted by Gasteiger charge is -2.60. The minimum absolute atomic E-state index is 0.0163. The third-order valence-electron chi connectivity index (χ3n) is 11.5.